The molecule has 0 spiro atoms. The standard InChI is InChI=1S/C28H40N4O4/c1-5-10-30-11-8-21(9-12-30)26-17-22(6-7-27(26)36-4)29-28(33)32-15-13-31(14-16-32)23-18-24(34-2)20-25(19-23)35-3/h6-7,17-21H,5,8-16H2,1-4H3,(H,29,33). The molecule has 2 saturated heterocycles. The second-order valence-electron chi connectivity index (χ2n) is 9.55. The van der Waals surface area contributed by atoms with Gasteiger partial charge in [-0.2, -0.15) is 0 Å². The van der Waals surface area contributed by atoms with Gasteiger partial charge in [-0.1, -0.05) is 6.92 Å². The molecule has 2 amide bonds. The molecule has 2 aromatic carbocycles. The Balaban J connectivity index is 1.36. The Hall–Kier alpha value is -3.13. The summed E-state index contributed by atoms with van der Waals surface area (Å²) >= 11 is 0. The minimum Gasteiger partial charge on any atom is -0.497 e. The van der Waals surface area contributed by atoms with Crippen molar-refractivity contribution in [1.29, 1.82) is 0 Å². The lowest BCUT2D eigenvalue weighted by Gasteiger charge is -2.36. The summed E-state index contributed by atoms with van der Waals surface area (Å²) < 4.78 is 16.5. The summed E-state index contributed by atoms with van der Waals surface area (Å²) in [5, 5.41) is 3.13. The number of piperazine rings is 1. The highest BCUT2D eigenvalue weighted by Crippen LogP contribution is 2.36. The zero-order valence-electron chi connectivity index (χ0n) is 22.1. The first kappa shape index (κ1) is 25.9. The number of hydrogen-bond donors (Lipinski definition) is 1. The maximum absolute atomic E-state index is 13.1. The van der Waals surface area contributed by atoms with Crippen LogP contribution in [0.2, 0.25) is 0 Å². The Bertz CT molecular complexity index is 992. The number of nitrogens with one attached hydrogen (secondary N) is 1. The van der Waals surface area contributed by atoms with E-state index in [-0.39, 0.29) is 6.03 Å². The fourth-order valence-electron chi connectivity index (χ4n) is 5.26. The number of hydrogen-bond acceptors (Lipinski definition) is 6. The van der Waals surface area contributed by atoms with E-state index < -0.39 is 0 Å². The summed E-state index contributed by atoms with van der Waals surface area (Å²) in [5.41, 5.74) is 3.06. The Morgan fingerprint density at radius 1 is 0.889 bits per heavy atom. The number of carbonyl (C=O) groups is 1. The molecule has 1 N–H and O–H groups in total. The first-order valence-electron chi connectivity index (χ1n) is 13.0. The molecule has 2 aliphatic heterocycles. The minimum atomic E-state index is -0.0632. The van der Waals surface area contributed by atoms with Gasteiger partial charge in [0.15, 0.2) is 0 Å². The maximum atomic E-state index is 13.1. The van der Waals surface area contributed by atoms with Crippen molar-refractivity contribution in [3.8, 4) is 17.2 Å². The number of nitrogens with zero attached hydrogens (tertiary/aromatic N) is 3. The van der Waals surface area contributed by atoms with Gasteiger partial charge in [0.2, 0.25) is 0 Å². The van der Waals surface area contributed by atoms with Gasteiger partial charge in [0.05, 0.1) is 21.3 Å². The van der Waals surface area contributed by atoms with E-state index in [1.54, 1.807) is 21.3 Å². The molecule has 2 heterocycles. The molecular formula is C28H40N4O4. The number of carbonyl (C=O) groups excluding carboxylic acids is 1. The van der Waals surface area contributed by atoms with Crippen LogP contribution in [0.3, 0.4) is 0 Å². The van der Waals surface area contributed by atoms with Crippen molar-refractivity contribution in [2.24, 2.45) is 0 Å². The van der Waals surface area contributed by atoms with Crippen molar-refractivity contribution in [3.63, 3.8) is 0 Å². The zero-order chi connectivity index (χ0) is 25.5. The van der Waals surface area contributed by atoms with Crippen LogP contribution in [0.25, 0.3) is 0 Å². The molecule has 0 unspecified atom stereocenters. The highest BCUT2D eigenvalue weighted by molar-refractivity contribution is 5.89. The normalized spacial score (nSPS) is 17.1. The van der Waals surface area contributed by atoms with Gasteiger partial charge in [0, 0.05) is 55.8 Å². The van der Waals surface area contributed by atoms with Crippen LogP contribution in [-0.4, -0.2) is 83.0 Å². The summed E-state index contributed by atoms with van der Waals surface area (Å²) in [5.74, 6) is 2.88. The van der Waals surface area contributed by atoms with Gasteiger partial charge < -0.3 is 34.2 Å². The van der Waals surface area contributed by atoms with Gasteiger partial charge >= 0.3 is 6.03 Å². The second kappa shape index (κ2) is 12.2. The molecule has 0 atom stereocenters. The van der Waals surface area contributed by atoms with E-state index in [1.165, 1.54) is 18.5 Å². The third-order valence-corrected chi connectivity index (χ3v) is 7.32. The summed E-state index contributed by atoms with van der Waals surface area (Å²) in [7, 11) is 5.03. The van der Waals surface area contributed by atoms with Gasteiger partial charge in [0.25, 0.3) is 0 Å². The van der Waals surface area contributed by atoms with Gasteiger partial charge in [-0.05, 0) is 68.6 Å². The highest BCUT2D eigenvalue weighted by atomic mass is 16.5. The number of anilines is 2. The summed E-state index contributed by atoms with van der Waals surface area (Å²) in [4.78, 5) is 19.8. The molecule has 8 nitrogen and oxygen atoms in total. The van der Waals surface area contributed by atoms with E-state index in [9.17, 15) is 4.79 Å². The van der Waals surface area contributed by atoms with Gasteiger partial charge in [0.1, 0.15) is 17.2 Å². The number of piperidine rings is 1. The van der Waals surface area contributed by atoms with Crippen LogP contribution in [0.15, 0.2) is 36.4 Å². The second-order valence-corrected chi connectivity index (χ2v) is 9.55. The van der Waals surface area contributed by atoms with E-state index in [0.717, 1.165) is 67.6 Å². The van der Waals surface area contributed by atoms with Gasteiger partial charge in [-0.15, -0.1) is 0 Å². The summed E-state index contributed by atoms with van der Waals surface area (Å²) in [6.07, 6.45) is 3.42. The van der Waals surface area contributed by atoms with Crippen molar-refractivity contribution in [3.05, 3.63) is 42.0 Å². The monoisotopic (exact) mass is 496 g/mol. The molecule has 196 valence electrons. The van der Waals surface area contributed by atoms with Crippen molar-refractivity contribution >= 4 is 17.4 Å². The number of urea groups is 1. The third-order valence-electron chi connectivity index (χ3n) is 7.32. The Labute approximate surface area is 215 Å². The molecule has 2 aromatic rings. The van der Waals surface area contributed by atoms with E-state index in [1.807, 2.05) is 35.2 Å². The lowest BCUT2D eigenvalue weighted by Crippen LogP contribution is -2.50. The molecule has 2 aliphatic rings. The quantitative estimate of drug-likeness (QED) is 0.574. The fraction of sp³-hybridized carbons (Fsp3) is 0.536. The number of methoxy groups -OCH3 is 3. The van der Waals surface area contributed by atoms with Crippen molar-refractivity contribution in [2.45, 2.75) is 32.1 Å². The van der Waals surface area contributed by atoms with E-state index in [2.05, 4.69) is 28.1 Å². The average Bonchev–Trinajstić information content (AvgIpc) is 2.93. The summed E-state index contributed by atoms with van der Waals surface area (Å²) in [6.45, 7) is 8.40. The topological polar surface area (TPSA) is 66.5 Å². The Morgan fingerprint density at radius 3 is 2.14 bits per heavy atom. The largest absolute Gasteiger partial charge is 0.497 e. The predicted octanol–water partition coefficient (Wildman–Crippen LogP) is 4.66. The van der Waals surface area contributed by atoms with Crippen LogP contribution in [-0.2, 0) is 0 Å². The predicted molar refractivity (Wildman–Crippen MR) is 144 cm³/mol. The van der Waals surface area contributed by atoms with Crippen molar-refractivity contribution in [1.82, 2.24) is 9.80 Å². The zero-order valence-corrected chi connectivity index (χ0v) is 22.1. The SMILES string of the molecule is CCCN1CCC(c2cc(NC(=O)N3CCN(c4cc(OC)cc(OC)c4)CC3)ccc2OC)CC1. The first-order chi connectivity index (χ1) is 17.5. The summed E-state index contributed by atoms with van der Waals surface area (Å²) in [6, 6.07) is 11.8. The number of benzene rings is 2. The van der Waals surface area contributed by atoms with Crippen LogP contribution in [0.1, 0.15) is 37.7 Å². The smallest absolute Gasteiger partial charge is 0.321 e. The van der Waals surface area contributed by atoms with Crippen LogP contribution >= 0.6 is 0 Å². The number of rotatable bonds is 8. The molecular weight excluding hydrogens is 456 g/mol. The van der Waals surface area contributed by atoms with Crippen molar-refractivity contribution in [2.75, 3.05) is 77.4 Å². The van der Waals surface area contributed by atoms with E-state index in [0.29, 0.717) is 19.0 Å². The molecule has 0 aliphatic carbocycles. The molecule has 4 rings (SSSR count). The van der Waals surface area contributed by atoms with Crippen LogP contribution < -0.4 is 24.4 Å². The molecule has 0 saturated carbocycles. The van der Waals surface area contributed by atoms with E-state index >= 15 is 0 Å². The number of amides is 2. The minimum absolute atomic E-state index is 0.0632. The van der Waals surface area contributed by atoms with Gasteiger partial charge in [-0.25, -0.2) is 4.79 Å². The van der Waals surface area contributed by atoms with Crippen LogP contribution in [0, 0.1) is 0 Å². The average molecular weight is 497 g/mol. The number of ether oxygens (including phenoxy) is 3. The third kappa shape index (κ3) is 6.16. The van der Waals surface area contributed by atoms with Gasteiger partial charge in [-0.3, -0.25) is 0 Å². The van der Waals surface area contributed by atoms with Crippen LogP contribution in [0.5, 0.6) is 17.2 Å². The maximum Gasteiger partial charge on any atom is 0.321 e. The highest BCUT2D eigenvalue weighted by Gasteiger charge is 2.25. The fourth-order valence-corrected chi connectivity index (χ4v) is 5.26. The molecule has 0 bridgehead atoms. The Kier molecular flexibility index (Phi) is 8.80. The molecule has 36 heavy (non-hydrogen) atoms. The molecule has 0 aromatic heterocycles. The lowest BCUT2D eigenvalue weighted by atomic mass is 9.88. The molecule has 0 radical (unpaired) electrons. The molecule has 2 fully saturated rings. The lowest BCUT2D eigenvalue weighted by molar-refractivity contribution is 0.208. The van der Waals surface area contributed by atoms with Crippen LogP contribution in [0.4, 0.5) is 16.2 Å². The van der Waals surface area contributed by atoms with E-state index in [4.69, 9.17) is 14.2 Å². The number of likely N-dealkylation sites (tertiary alicyclic amines) is 1. The van der Waals surface area contributed by atoms with Crippen molar-refractivity contribution < 1.29 is 19.0 Å². The Morgan fingerprint density at radius 2 is 1.56 bits per heavy atom. The first-order valence-corrected chi connectivity index (χ1v) is 13.0. The molecule has 8 heteroatoms.